The molecule has 1 aliphatic heterocycles. The Hall–Kier alpha value is -2.48. The van der Waals surface area contributed by atoms with Crippen LogP contribution in [0.25, 0.3) is 6.08 Å². The molecule has 1 aromatic heterocycles. The Morgan fingerprint density at radius 3 is 2.73 bits per heavy atom. The molecule has 2 fully saturated rings. The van der Waals surface area contributed by atoms with Crippen molar-refractivity contribution in [3.8, 4) is 0 Å². The molecule has 3 rings (SSSR count). The van der Waals surface area contributed by atoms with Gasteiger partial charge in [0.1, 0.15) is 11.9 Å². The van der Waals surface area contributed by atoms with Crippen LogP contribution in [-0.2, 0) is 9.59 Å². The zero-order valence-electron chi connectivity index (χ0n) is 14.7. The summed E-state index contributed by atoms with van der Waals surface area (Å²) in [4.78, 5) is 33.9. The molecule has 1 atom stereocenters. The van der Waals surface area contributed by atoms with Crippen molar-refractivity contribution in [3.63, 3.8) is 0 Å². The minimum atomic E-state index is -0.636. The van der Waals surface area contributed by atoms with E-state index in [1.54, 1.807) is 0 Å². The molecule has 2 amide bonds. The summed E-state index contributed by atoms with van der Waals surface area (Å²) >= 11 is 0. The highest BCUT2D eigenvalue weighted by molar-refractivity contribution is 5.90. The van der Waals surface area contributed by atoms with Crippen molar-refractivity contribution in [3.05, 3.63) is 24.2 Å². The normalized spacial score (nSPS) is 21.3. The van der Waals surface area contributed by atoms with Gasteiger partial charge in [0.2, 0.25) is 5.91 Å². The molecule has 1 aliphatic carbocycles. The Labute approximate surface area is 152 Å². The number of aromatic nitrogens is 2. The van der Waals surface area contributed by atoms with Gasteiger partial charge in [-0.3, -0.25) is 19.8 Å². The van der Waals surface area contributed by atoms with E-state index in [0.717, 1.165) is 25.6 Å². The fourth-order valence-electron chi connectivity index (χ4n) is 3.61. The monoisotopic (exact) mass is 359 g/mol. The minimum absolute atomic E-state index is 0.140. The summed E-state index contributed by atoms with van der Waals surface area (Å²) in [6, 6.07) is -0.255. The largest absolute Gasteiger partial charge is 0.357 e. The third-order valence-corrected chi connectivity index (χ3v) is 5.01. The number of likely N-dealkylation sites (tertiary alicyclic amines) is 1. The van der Waals surface area contributed by atoms with Crippen molar-refractivity contribution in [2.45, 2.75) is 44.6 Å². The molecule has 1 saturated heterocycles. The Kier molecular flexibility index (Phi) is 6.17. The number of hydroxylamine groups is 1. The summed E-state index contributed by atoms with van der Waals surface area (Å²) in [6.07, 6.45) is 12.8. The molecule has 26 heavy (non-hydrogen) atoms. The molecule has 1 unspecified atom stereocenters. The molecule has 0 radical (unpaired) electrons. The van der Waals surface area contributed by atoms with Crippen molar-refractivity contribution >= 4 is 23.7 Å². The number of hydrogen-bond acceptors (Lipinski definition) is 6. The van der Waals surface area contributed by atoms with Crippen LogP contribution in [0.3, 0.4) is 0 Å². The second-order valence-corrected chi connectivity index (χ2v) is 6.91. The zero-order chi connectivity index (χ0) is 18.4. The van der Waals surface area contributed by atoms with Crippen molar-refractivity contribution in [1.82, 2.24) is 20.3 Å². The van der Waals surface area contributed by atoms with Gasteiger partial charge in [-0.15, -0.1) is 0 Å². The predicted molar refractivity (Wildman–Crippen MR) is 96.2 cm³/mol. The van der Waals surface area contributed by atoms with Crippen molar-refractivity contribution in [1.29, 1.82) is 0 Å². The van der Waals surface area contributed by atoms with E-state index in [9.17, 15) is 9.59 Å². The maximum atomic E-state index is 12.6. The molecule has 0 aromatic carbocycles. The van der Waals surface area contributed by atoms with Gasteiger partial charge in [0.25, 0.3) is 5.91 Å². The van der Waals surface area contributed by atoms with Crippen LogP contribution in [0.15, 0.2) is 18.5 Å². The Morgan fingerprint density at radius 2 is 2.04 bits per heavy atom. The Balaban J connectivity index is 1.51. The van der Waals surface area contributed by atoms with Crippen molar-refractivity contribution < 1.29 is 14.8 Å². The summed E-state index contributed by atoms with van der Waals surface area (Å²) in [7, 11) is 0. The van der Waals surface area contributed by atoms with Gasteiger partial charge < -0.3 is 10.2 Å². The fourth-order valence-corrected chi connectivity index (χ4v) is 3.61. The molecule has 3 N–H and O–H groups in total. The summed E-state index contributed by atoms with van der Waals surface area (Å²) < 4.78 is 0. The second-order valence-electron chi connectivity index (χ2n) is 6.91. The second kappa shape index (κ2) is 8.75. The van der Waals surface area contributed by atoms with E-state index in [2.05, 4.69) is 15.3 Å². The van der Waals surface area contributed by atoms with Crippen LogP contribution >= 0.6 is 0 Å². The van der Waals surface area contributed by atoms with Crippen LogP contribution in [0.2, 0.25) is 0 Å². The third-order valence-electron chi connectivity index (χ3n) is 5.01. The van der Waals surface area contributed by atoms with Gasteiger partial charge in [-0.05, 0) is 31.3 Å². The number of nitrogens with zero attached hydrogens (tertiary/aromatic N) is 3. The molecular weight excluding hydrogens is 334 g/mol. The lowest BCUT2D eigenvalue weighted by Gasteiger charge is -2.27. The number of carbonyl (C=O) groups excluding carboxylic acids is 2. The molecule has 140 valence electrons. The SMILES string of the molecule is O=C(/C=C/c1cnc(NC2CCN(CC3CCCCC3)C2=O)cn1)NO. The van der Waals surface area contributed by atoms with Crippen LogP contribution in [0.1, 0.15) is 44.2 Å². The Morgan fingerprint density at radius 1 is 1.23 bits per heavy atom. The van der Waals surface area contributed by atoms with Gasteiger partial charge in [-0.25, -0.2) is 10.5 Å². The molecule has 2 heterocycles. The van der Waals surface area contributed by atoms with Gasteiger partial charge in [-0.1, -0.05) is 19.3 Å². The lowest BCUT2D eigenvalue weighted by atomic mass is 9.89. The molecule has 1 aromatic rings. The standard InChI is InChI=1S/C18H25N5O3/c24-17(22-26)7-6-14-10-20-16(11-19-14)21-15-8-9-23(18(15)25)12-13-4-2-1-3-5-13/h6-7,10-11,13,15,26H,1-5,8-9,12H2,(H,20,21)(H,22,24)/b7-6+. The molecule has 8 nitrogen and oxygen atoms in total. The lowest BCUT2D eigenvalue weighted by molar-refractivity contribution is -0.129. The number of amides is 2. The maximum Gasteiger partial charge on any atom is 0.267 e. The first-order valence-corrected chi connectivity index (χ1v) is 9.15. The van der Waals surface area contributed by atoms with E-state index < -0.39 is 5.91 Å². The van der Waals surface area contributed by atoms with E-state index in [1.807, 2.05) is 4.90 Å². The first-order valence-electron chi connectivity index (χ1n) is 9.15. The summed E-state index contributed by atoms with van der Waals surface area (Å²) in [5.41, 5.74) is 1.99. The summed E-state index contributed by atoms with van der Waals surface area (Å²) in [5, 5.41) is 11.6. The minimum Gasteiger partial charge on any atom is -0.357 e. The van der Waals surface area contributed by atoms with E-state index >= 15 is 0 Å². The van der Waals surface area contributed by atoms with Gasteiger partial charge in [0, 0.05) is 19.2 Å². The Bertz CT molecular complexity index is 655. The smallest absolute Gasteiger partial charge is 0.267 e. The van der Waals surface area contributed by atoms with Crippen LogP contribution in [0, 0.1) is 5.92 Å². The topological polar surface area (TPSA) is 107 Å². The van der Waals surface area contributed by atoms with E-state index in [4.69, 9.17) is 5.21 Å². The number of hydrogen-bond donors (Lipinski definition) is 3. The van der Waals surface area contributed by atoms with Crippen LogP contribution < -0.4 is 10.8 Å². The molecular formula is C18H25N5O3. The quantitative estimate of drug-likeness (QED) is 0.404. The highest BCUT2D eigenvalue weighted by Gasteiger charge is 2.33. The van der Waals surface area contributed by atoms with E-state index in [-0.39, 0.29) is 11.9 Å². The molecule has 1 saturated carbocycles. The first-order chi connectivity index (χ1) is 12.7. The third kappa shape index (κ3) is 4.78. The van der Waals surface area contributed by atoms with Gasteiger partial charge >= 0.3 is 0 Å². The molecule has 0 bridgehead atoms. The highest BCUT2D eigenvalue weighted by Crippen LogP contribution is 2.26. The van der Waals surface area contributed by atoms with Crippen molar-refractivity contribution in [2.75, 3.05) is 18.4 Å². The average Bonchev–Trinajstić information content (AvgIpc) is 3.01. The predicted octanol–water partition coefficient (Wildman–Crippen LogP) is 1.59. The highest BCUT2D eigenvalue weighted by atomic mass is 16.5. The molecule has 0 spiro atoms. The van der Waals surface area contributed by atoms with E-state index in [0.29, 0.717) is 17.4 Å². The number of nitrogens with one attached hydrogen (secondary N) is 2. The number of carbonyl (C=O) groups is 2. The van der Waals surface area contributed by atoms with Crippen LogP contribution in [-0.4, -0.2) is 51.0 Å². The van der Waals surface area contributed by atoms with E-state index in [1.165, 1.54) is 56.1 Å². The summed E-state index contributed by atoms with van der Waals surface area (Å²) in [5.74, 6) is 0.685. The lowest BCUT2D eigenvalue weighted by Crippen LogP contribution is -2.37. The van der Waals surface area contributed by atoms with Crippen LogP contribution in [0.5, 0.6) is 0 Å². The van der Waals surface area contributed by atoms with Gasteiger partial charge in [0.15, 0.2) is 0 Å². The van der Waals surface area contributed by atoms with Gasteiger partial charge in [-0.2, -0.15) is 0 Å². The zero-order valence-corrected chi connectivity index (χ0v) is 14.7. The molecule has 8 heteroatoms. The number of rotatable bonds is 6. The number of anilines is 1. The maximum absolute atomic E-state index is 12.6. The van der Waals surface area contributed by atoms with Gasteiger partial charge in [0.05, 0.1) is 18.1 Å². The fraction of sp³-hybridized carbons (Fsp3) is 0.556. The molecule has 2 aliphatic rings. The first kappa shape index (κ1) is 18.3. The summed E-state index contributed by atoms with van der Waals surface area (Å²) in [6.45, 7) is 1.66. The van der Waals surface area contributed by atoms with Crippen LogP contribution in [0.4, 0.5) is 5.82 Å². The average molecular weight is 359 g/mol. The van der Waals surface area contributed by atoms with Crippen molar-refractivity contribution in [2.24, 2.45) is 5.92 Å².